The van der Waals surface area contributed by atoms with E-state index in [9.17, 15) is 9.59 Å². The number of thiazole rings is 1. The Morgan fingerprint density at radius 2 is 1.73 bits per heavy atom. The molecule has 1 aromatic carbocycles. The Labute approximate surface area is 156 Å². The molecule has 6 nitrogen and oxygen atoms in total. The van der Waals surface area contributed by atoms with Crippen LogP contribution < -0.4 is 10.9 Å². The third-order valence-electron chi connectivity index (χ3n) is 3.86. The number of nitrogens with zero attached hydrogens (tertiary/aromatic N) is 2. The van der Waals surface area contributed by atoms with E-state index in [4.69, 9.17) is 0 Å². The first-order valence-electron chi connectivity index (χ1n) is 8.56. The van der Waals surface area contributed by atoms with Crippen molar-refractivity contribution >= 4 is 28.1 Å². The molecule has 26 heavy (non-hydrogen) atoms. The molecule has 0 aliphatic carbocycles. The molecule has 0 unspecified atom stereocenters. The standard InChI is InChI=1S/C19H22N4O2S/c1-13(2)9-14-3-5-15(6-4-14)10-17(24)21-22-18(25)11-16-12-23-7-8-26-19(23)20-16/h3-8,12-13H,9-11H2,1-2H3,(H,21,24)(H,22,25). The second-order valence-electron chi connectivity index (χ2n) is 6.69. The summed E-state index contributed by atoms with van der Waals surface area (Å²) in [6.45, 7) is 4.35. The number of aromatic nitrogens is 2. The fourth-order valence-corrected chi connectivity index (χ4v) is 3.42. The molecule has 0 aliphatic heterocycles. The van der Waals surface area contributed by atoms with Crippen LogP contribution in [0.1, 0.15) is 30.7 Å². The molecule has 0 atom stereocenters. The quantitative estimate of drug-likeness (QED) is 0.655. The number of nitrogens with one attached hydrogen (secondary N) is 2. The number of hydrazine groups is 1. The summed E-state index contributed by atoms with van der Waals surface area (Å²) in [7, 11) is 0. The van der Waals surface area contributed by atoms with Gasteiger partial charge in [-0.2, -0.15) is 0 Å². The van der Waals surface area contributed by atoms with Crippen molar-refractivity contribution in [2.75, 3.05) is 0 Å². The monoisotopic (exact) mass is 370 g/mol. The molecule has 0 fully saturated rings. The highest BCUT2D eigenvalue weighted by atomic mass is 32.1. The van der Waals surface area contributed by atoms with Gasteiger partial charge in [0.2, 0.25) is 11.8 Å². The van der Waals surface area contributed by atoms with Crippen molar-refractivity contribution in [1.29, 1.82) is 0 Å². The summed E-state index contributed by atoms with van der Waals surface area (Å²) in [6.07, 6.45) is 5.07. The molecule has 2 N–H and O–H groups in total. The van der Waals surface area contributed by atoms with Crippen LogP contribution in [0.15, 0.2) is 42.0 Å². The van der Waals surface area contributed by atoms with Crippen LogP contribution in [-0.2, 0) is 28.9 Å². The molecule has 0 radical (unpaired) electrons. The summed E-state index contributed by atoms with van der Waals surface area (Å²) in [5, 5.41) is 1.93. The van der Waals surface area contributed by atoms with Crippen LogP contribution in [0.5, 0.6) is 0 Å². The van der Waals surface area contributed by atoms with Gasteiger partial charge in [-0.1, -0.05) is 38.1 Å². The van der Waals surface area contributed by atoms with Crippen LogP contribution in [0.25, 0.3) is 4.96 Å². The molecule has 0 saturated carbocycles. The van der Waals surface area contributed by atoms with Gasteiger partial charge in [0.05, 0.1) is 18.5 Å². The number of benzene rings is 1. The maximum absolute atomic E-state index is 12.0. The largest absolute Gasteiger partial charge is 0.297 e. The lowest BCUT2D eigenvalue weighted by molar-refractivity contribution is -0.128. The minimum atomic E-state index is -0.295. The van der Waals surface area contributed by atoms with E-state index >= 15 is 0 Å². The van der Waals surface area contributed by atoms with E-state index < -0.39 is 0 Å². The highest BCUT2D eigenvalue weighted by molar-refractivity contribution is 7.15. The molecule has 7 heteroatoms. The van der Waals surface area contributed by atoms with Gasteiger partial charge in [0.15, 0.2) is 4.96 Å². The maximum Gasteiger partial charge on any atom is 0.244 e. The second kappa shape index (κ2) is 8.14. The van der Waals surface area contributed by atoms with Crippen LogP contribution in [0.2, 0.25) is 0 Å². The van der Waals surface area contributed by atoms with E-state index in [0.717, 1.165) is 16.9 Å². The molecular weight excluding hydrogens is 348 g/mol. The van der Waals surface area contributed by atoms with E-state index in [-0.39, 0.29) is 24.7 Å². The topological polar surface area (TPSA) is 75.5 Å². The first-order chi connectivity index (χ1) is 12.5. The average molecular weight is 370 g/mol. The third-order valence-corrected chi connectivity index (χ3v) is 4.63. The third kappa shape index (κ3) is 4.92. The van der Waals surface area contributed by atoms with Crippen molar-refractivity contribution in [2.24, 2.45) is 5.92 Å². The zero-order chi connectivity index (χ0) is 18.5. The van der Waals surface area contributed by atoms with Gasteiger partial charge in [-0.05, 0) is 23.5 Å². The Bertz CT molecular complexity index is 867. The van der Waals surface area contributed by atoms with Crippen LogP contribution in [0, 0.1) is 5.92 Å². The molecular formula is C19H22N4O2S. The van der Waals surface area contributed by atoms with E-state index in [1.807, 2.05) is 46.4 Å². The lowest BCUT2D eigenvalue weighted by Crippen LogP contribution is -2.43. The second-order valence-corrected chi connectivity index (χ2v) is 7.56. The zero-order valence-electron chi connectivity index (χ0n) is 14.9. The molecule has 2 aromatic heterocycles. The Morgan fingerprint density at radius 3 is 2.38 bits per heavy atom. The minimum absolute atomic E-state index is 0.124. The van der Waals surface area contributed by atoms with Gasteiger partial charge in [0, 0.05) is 17.8 Å². The molecule has 2 heterocycles. The summed E-state index contributed by atoms with van der Waals surface area (Å²) >= 11 is 1.51. The Morgan fingerprint density at radius 1 is 1.08 bits per heavy atom. The number of hydrogen-bond donors (Lipinski definition) is 2. The van der Waals surface area contributed by atoms with E-state index in [0.29, 0.717) is 11.6 Å². The molecule has 0 saturated heterocycles. The summed E-state index contributed by atoms with van der Waals surface area (Å²) < 4.78 is 1.87. The van der Waals surface area contributed by atoms with E-state index in [1.54, 1.807) is 0 Å². The van der Waals surface area contributed by atoms with Crippen molar-refractivity contribution in [3.8, 4) is 0 Å². The lowest BCUT2D eigenvalue weighted by Gasteiger charge is -2.08. The van der Waals surface area contributed by atoms with E-state index in [1.165, 1.54) is 16.9 Å². The van der Waals surface area contributed by atoms with E-state index in [2.05, 4.69) is 29.7 Å². The summed E-state index contributed by atoms with van der Waals surface area (Å²) in [6, 6.07) is 8.01. The van der Waals surface area contributed by atoms with Crippen LogP contribution >= 0.6 is 11.3 Å². The van der Waals surface area contributed by atoms with Gasteiger partial charge in [-0.25, -0.2) is 4.98 Å². The number of hydrogen-bond acceptors (Lipinski definition) is 4. The molecule has 0 aliphatic rings. The first kappa shape index (κ1) is 18.1. The van der Waals surface area contributed by atoms with Crippen LogP contribution in [-0.4, -0.2) is 21.2 Å². The minimum Gasteiger partial charge on any atom is -0.297 e. The summed E-state index contributed by atoms with van der Waals surface area (Å²) in [5.41, 5.74) is 7.74. The predicted octanol–water partition coefficient (Wildman–Crippen LogP) is 2.53. The number of carbonyl (C=O) groups excluding carboxylic acids is 2. The fraction of sp³-hybridized carbons (Fsp3) is 0.316. The molecule has 136 valence electrons. The Hall–Kier alpha value is -2.67. The van der Waals surface area contributed by atoms with Crippen molar-refractivity contribution in [2.45, 2.75) is 33.1 Å². The predicted molar refractivity (Wildman–Crippen MR) is 102 cm³/mol. The smallest absolute Gasteiger partial charge is 0.244 e. The number of imidazole rings is 1. The van der Waals surface area contributed by atoms with Gasteiger partial charge in [0.25, 0.3) is 0 Å². The number of rotatable bonds is 6. The van der Waals surface area contributed by atoms with Gasteiger partial charge < -0.3 is 0 Å². The molecule has 0 bridgehead atoms. The zero-order valence-corrected chi connectivity index (χ0v) is 15.7. The van der Waals surface area contributed by atoms with Crippen molar-refractivity contribution < 1.29 is 9.59 Å². The van der Waals surface area contributed by atoms with Crippen LogP contribution in [0.4, 0.5) is 0 Å². The fourth-order valence-electron chi connectivity index (χ4n) is 2.70. The van der Waals surface area contributed by atoms with Gasteiger partial charge in [-0.3, -0.25) is 24.8 Å². The highest BCUT2D eigenvalue weighted by Crippen LogP contribution is 2.12. The number of amides is 2. The molecule has 3 rings (SSSR count). The maximum atomic E-state index is 12.0. The molecule has 0 spiro atoms. The normalized spacial score (nSPS) is 11.0. The summed E-state index contributed by atoms with van der Waals surface area (Å²) in [5.74, 6) is 0.0580. The number of fused-ring (bicyclic) bond motifs is 1. The molecule has 2 amide bonds. The van der Waals surface area contributed by atoms with Crippen molar-refractivity contribution in [1.82, 2.24) is 20.2 Å². The SMILES string of the molecule is CC(C)Cc1ccc(CC(=O)NNC(=O)Cc2cn3ccsc3n2)cc1. The number of carbonyl (C=O) groups is 2. The lowest BCUT2D eigenvalue weighted by atomic mass is 10.0. The van der Waals surface area contributed by atoms with Crippen molar-refractivity contribution in [3.05, 3.63) is 58.9 Å². The average Bonchev–Trinajstić information content (AvgIpc) is 3.16. The highest BCUT2D eigenvalue weighted by Gasteiger charge is 2.10. The first-order valence-corrected chi connectivity index (χ1v) is 9.44. The van der Waals surface area contributed by atoms with Gasteiger partial charge in [0.1, 0.15) is 0 Å². The Balaban J connectivity index is 1.44. The summed E-state index contributed by atoms with van der Waals surface area (Å²) in [4.78, 5) is 29.1. The Kier molecular flexibility index (Phi) is 5.68. The molecule has 3 aromatic rings. The van der Waals surface area contributed by atoms with Gasteiger partial charge >= 0.3 is 0 Å². The van der Waals surface area contributed by atoms with Gasteiger partial charge in [-0.15, -0.1) is 11.3 Å². The van der Waals surface area contributed by atoms with Crippen molar-refractivity contribution in [3.63, 3.8) is 0 Å². The van der Waals surface area contributed by atoms with Crippen LogP contribution in [0.3, 0.4) is 0 Å².